The zero-order valence-corrected chi connectivity index (χ0v) is 74.3. The highest BCUT2D eigenvalue weighted by Crippen LogP contribution is 2.47. The fourth-order valence-corrected chi connectivity index (χ4v) is 20.6. The second kappa shape index (κ2) is 32.6. The molecule has 0 N–H and O–H groups in total. The van der Waals surface area contributed by atoms with E-state index in [1.165, 1.54) is 76.3 Å². The van der Waals surface area contributed by atoms with Gasteiger partial charge in [0.1, 0.15) is 22.3 Å². The Morgan fingerprint density at radius 1 is 0.138 bits per heavy atom. The molecule has 0 amide bonds. The number of para-hydroxylation sites is 6. The molecule has 12 nitrogen and oxygen atoms in total. The summed E-state index contributed by atoms with van der Waals surface area (Å²) in [5.41, 5.74) is 31.8. The molecule has 0 bridgehead atoms. The van der Waals surface area contributed by atoms with Crippen molar-refractivity contribution in [1.82, 2.24) is 48.2 Å². The highest BCUT2D eigenvalue weighted by molar-refractivity contribution is 6.20. The van der Waals surface area contributed by atoms with Crippen molar-refractivity contribution in [3.8, 4) is 136 Å². The lowest BCUT2D eigenvalue weighted by Gasteiger charge is -2.10. The summed E-state index contributed by atoms with van der Waals surface area (Å²) in [7, 11) is 0. The molecule has 20 aromatic carbocycles. The maximum Gasteiger partial charge on any atom is 0.164 e. The molecule has 0 radical (unpaired) electrons. The largest absolute Gasteiger partial charge is 0.456 e. The number of nitrogens with zero attached hydrogens (tertiary/aromatic N) is 10. The van der Waals surface area contributed by atoms with Crippen LogP contribution in [0.2, 0.25) is 0 Å². The van der Waals surface area contributed by atoms with Crippen LogP contribution < -0.4 is 0 Å². The molecule has 8 heterocycles. The van der Waals surface area contributed by atoms with Crippen LogP contribution in [0.5, 0.6) is 0 Å². The Bertz CT molecular complexity index is 9540. The van der Waals surface area contributed by atoms with Crippen LogP contribution in [-0.4, -0.2) is 48.2 Å². The lowest BCUT2D eigenvalue weighted by atomic mass is 9.96. The van der Waals surface area contributed by atoms with E-state index in [4.69, 9.17) is 38.7 Å². The van der Waals surface area contributed by atoms with Crippen molar-refractivity contribution < 1.29 is 8.83 Å². The molecule has 28 rings (SSSR count). The van der Waals surface area contributed by atoms with Gasteiger partial charge in [0.2, 0.25) is 0 Å². The Kier molecular flexibility index (Phi) is 18.7. The van der Waals surface area contributed by atoms with E-state index in [1.807, 2.05) is 146 Å². The molecular formula is C126H78N10O2. The third kappa shape index (κ3) is 13.5. The molecule has 12 heteroatoms. The van der Waals surface area contributed by atoms with Crippen LogP contribution in [0.15, 0.2) is 482 Å². The van der Waals surface area contributed by atoms with Gasteiger partial charge in [-0.15, -0.1) is 0 Å². The minimum absolute atomic E-state index is 0.602. The zero-order valence-electron chi connectivity index (χ0n) is 74.3. The summed E-state index contributed by atoms with van der Waals surface area (Å²) in [6.45, 7) is 0. The van der Waals surface area contributed by atoms with Crippen LogP contribution in [0.1, 0.15) is 0 Å². The minimum Gasteiger partial charge on any atom is -0.456 e. The number of hydrogen-bond donors (Lipinski definition) is 0. The molecule has 644 valence electrons. The molecule has 0 unspecified atom stereocenters. The molecule has 0 saturated heterocycles. The predicted octanol–water partition coefficient (Wildman–Crippen LogP) is 32.6. The average molecular weight is 1760 g/mol. The molecule has 0 saturated carbocycles. The Morgan fingerprint density at radius 2 is 0.377 bits per heavy atom. The van der Waals surface area contributed by atoms with Crippen molar-refractivity contribution in [2.45, 2.75) is 0 Å². The summed E-state index contributed by atoms with van der Waals surface area (Å²) >= 11 is 0. The maximum absolute atomic E-state index is 6.53. The fourth-order valence-electron chi connectivity index (χ4n) is 20.6. The number of rotatable bonds is 14. The number of fused-ring (bicyclic) bond motifs is 18. The quantitative estimate of drug-likeness (QED) is 0.105. The van der Waals surface area contributed by atoms with Crippen LogP contribution in [0.4, 0.5) is 0 Å². The van der Waals surface area contributed by atoms with Gasteiger partial charge in [0.15, 0.2) is 34.9 Å². The first-order valence-corrected chi connectivity index (χ1v) is 46.5. The molecule has 0 fully saturated rings. The molecule has 0 aliphatic carbocycles. The first-order valence-electron chi connectivity index (χ1n) is 46.5. The van der Waals surface area contributed by atoms with Gasteiger partial charge in [0.05, 0.1) is 44.1 Å². The van der Waals surface area contributed by atoms with E-state index in [1.54, 1.807) is 0 Å². The standard InChI is InChI=1S/2C63H39N5O/c1-5-16-40(17-6-1)61-64-62(41-18-7-2-8-19-41)66-63(65-61)45-31-35-59-52(38-45)51-37-44(30-34-58(51)69-59)48-25-15-27-56-60(48)53-36-42(29-33-55(53)67(56)46-20-9-3-10-21-46)43-28-32-50-49-24-13-14-26-54(49)68(57(50)39-43)47-22-11-4-12-23-47;1-5-15-40(16-6-1)61-64-62(41-17-7-2-8-18-41)66-63(65-61)46-29-34-60-54(37-46)53-36-43(28-33-59(53)69-60)45-26-31-51-52-35-42(27-32-56(52)68(58(51)39-45)48-21-11-4-12-22-48)44-25-30-50-49-23-13-14-24-55(49)67(57(50)38-44)47-19-9-3-10-20-47/h2*1-39H. The van der Waals surface area contributed by atoms with E-state index in [-0.39, 0.29) is 0 Å². The maximum atomic E-state index is 6.53. The van der Waals surface area contributed by atoms with Gasteiger partial charge >= 0.3 is 0 Å². The first kappa shape index (κ1) is 79.0. The number of hydrogen-bond acceptors (Lipinski definition) is 8. The van der Waals surface area contributed by atoms with E-state index in [0.717, 1.165) is 155 Å². The Labute approximate surface area is 791 Å². The van der Waals surface area contributed by atoms with Crippen molar-refractivity contribution in [2.24, 2.45) is 0 Å². The number of furan rings is 2. The molecular weight excluding hydrogens is 1690 g/mol. The molecule has 28 aromatic rings. The fraction of sp³-hybridized carbons (Fsp3) is 0. The highest BCUT2D eigenvalue weighted by Gasteiger charge is 2.25. The van der Waals surface area contributed by atoms with Gasteiger partial charge in [0.25, 0.3) is 0 Å². The number of aromatic nitrogens is 10. The van der Waals surface area contributed by atoms with E-state index in [9.17, 15) is 0 Å². The van der Waals surface area contributed by atoms with Crippen LogP contribution >= 0.6 is 0 Å². The second-order valence-electron chi connectivity index (χ2n) is 35.2. The first-order chi connectivity index (χ1) is 68.4. The molecule has 0 aliphatic heterocycles. The lowest BCUT2D eigenvalue weighted by molar-refractivity contribution is 0.668. The summed E-state index contributed by atoms with van der Waals surface area (Å²) < 4.78 is 22.6. The lowest BCUT2D eigenvalue weighted by Crippen LogP contribution is -2.00. The van der Waals surface area contributed by atoms with Crippen LogP contribution in [0.3, 0.4) is 0 Å². The van der Waals surface area contributed by atoms with Crippen molar-refractivity contribution in [3.05, 3.63) is 473 Å². The van der Waals surface area contributed by atoms with Crippen molar-refractivity contribution in [3.63, 3.8) is 0 Å². The average Bonchev–Trinajstić information content (AvgIpc) is 1.58. The molecule has 0 spiro atoms. The van der Waals surface area contributed by atoms with Gasteiger partial charge in [-0.2, -0.15) is 0 Å². The molecule has 0 aliphatic rings. The van der Waals surface area contributed by atoms with Crippen LogP contribution in [0, 0.1) is 0 Å². The summed E-state index contributed by atoms with van der Waals surface area (Å²) in [5.74, 6) is 3.71. The number of benzene rings is 20. The van der Waals surface area contributed by atoms with E-state index >= 15 is 0 Å². The molecule has 138 heavy (non-hydrogen) atoms. The Hall–Kier alpha value is -18.8. The van der Waals surface area contributed by atoms with Gasteiger partial charge in [-0.1, -0.05) is 303 Å². The van der Waals surface area contributed by atoms with Crippen LogP contribution in [0.25, 0.3) is 267 Å². The van der Waals surface area contributed by atoms with E-state index in [0.29, 0.717) is 34.9 Å². The highest BCUT2D eigenvalue weighted by atomic mass is 16.3. The van der Waals surface area contributed by atoms with Crippen molar-refractivity contribution >= 4 is 131 Å². The van der Waals surface area contributed by atoms with E-state index in [2.05, 4.69) is 346 Å². The Morgan fingerprint density at radius 3 is 0.754 bits per heavy atom. The topological polar surface area (TPSA) is 123 Å². The summed E-state index contributed by atoms with van der Waals surface area (Å²) in [4.78, 5) is 30.0. The van der Waals surface area contributed by atoms with Crippen molar-refractivity contribution in [1.29, 1.82) is 0 Å². The zero-order chi connectivity index (χ0) is 90.8. The molecule has 8 aromatic heterocycles. The molecule has 0 atom stereocenters. The Balaban J connectivity index is 0.000000139. The summed E-state index contributed by atoms with van der Waals surface area (Å²) in [5, 5.41) is 13.8. The van der Waals surface area contributed by atoms with Gasteiger partial charge in [-0.3, -0.25) is 0 Å². The van der Waals surface area contributed by atoms with Gasteiger partial charge in [-0.25, -0.2) is 29.9 Å². The summed E-state index contributed by atoms with van der Waals surface area (Å²) in [6, 6.07) is 167. The van der Waals surface area contributed by atoms with E-state index < -0.39 is 0 Å². The monoisotopic (exact) mass is 1760 g/mol. The minimum atomic E-state index is 0.602. The third-order valence-electron chi connectivity index (χ3n) is 27.1. The third-order valence-corrected chi connectivity index (χ3v) is 27.1. The second-order valence-corrected chi connectivity index (χ2v) is 35.2. The van der Waals surface area contributed by atoms with Gasteiger partial charge in [-0.05, 0) is 214 Å². The SMILES string of the molecule is c1ccc(-c2nc(-c3ccccc3)nc(-c3ccc4oc5ccc(-c6ccc7c8cc(-c9ccc%10c%11ccccc%11n(-c%11ccccc%11)c%10c9)ccc8n(-c8ccccc8)c7c6)cc5c4c3)n2)cc1.c1ccc(-c2nc(-c3ccccc3)nc(-c3ccc4oc5ccc(-c6cccc7c6c6cc(-c8ccc9c%10ccccc%10n(-c%10ccccc%10)c9c8)ccc6n7-c6ccccc6)cc5c4c3)n2)cc1. The van der Waals surface area contributed by atoms with Gasteiger partial charge < -0.3 is 27.1 Å². The van der Waals surface area contributed by atoms with Crippen molar-refractivity contribution in [2.75, 3.05) is 0 Å². The smallest absolute Gasteiger partial charge is 0.164 e. The predicted molar refractivity (Wildman–Crippen MR) is 566 cm³/mol. The normalized spacial score (nSPS) is 11.8. The van der Waals surface area contributed by atoms with Crippen LogP contribution in [-0.2, 0) is 0 Å². The summed E-state index contributed by atoms with van der Waals surface area (Å²) in [6.07, 6.45) is 0. The van der Waals surface area contributed by atoms with Gasteiger partial charge in [0, 0.05) is 121 Å².